The second kappa shape index (κ2) is 6.56. The van der Waals surface area contributed by atoms with E-state index in [2.05, 4.69) is 48.4 Å². The highest BCUT2D eigenvalue weighted by Gasteiger charge is 2.11. The molecule has 110 valence electrons. The Balaban J connectivity index is 2.15. The fourth-order valence-electron chi connectivity index (χ4n) is 1.64. The zero-order valence-corrected chi connectivity index (χ0v) is 14.2. The van der Waals surface area contributed by atoms with Crippen LogP contribution in [0.5, 0.6) is 0 Å². The molecule has 1 N–H and O–H groups in total. The van der Waals surface area contributed by atoms with Crippen molar-refractivity contribution in [2.45, 2.75) is 49.0 Å². The van der Waals surface area contributed by atoms with Crippen molar-refractivity contribution in [3.05, 3.63) is 34.3 Å². The summed E-state index contributed by atoms with van der Waals surface area (Å²) in [5.74, 6) is 0. The highest BCUT2D eigenvalue weighted by molar-refractivity contribution is 8.01. The van der Waals surface area contributed by atoms with E-state index in [4.69, 9.17) is 0 Å². The van der Waals surface area contributed by atoms with E-state index < -0.39 is 0 Å². The van der Waals surface area contributed by atoms with E-state index >= 15 is 0 Å². The standard InChI is InChI=1S/C15H18N4S2/c1-10-18-19-14(20-10)21-13-6-5-11(7-12(13)8-16)9-17-15(2,3)4/h5-7,17H,9H2,1-4H3. The molecule has 0 aliphatic rings. The van der Waals surface area contributed by atoms with Crippen molar-refractivity contribution in [2.75, 3.05) is 0 Å². The van der Waals surface area contributed by atoms with Crippen LogP contribution in [0.15, 0.2) is 27.4 Å². The van der Waals surface area contributed by atoms with Crippen molar-refractivity contribution in [1.82, 2.24) is 15.5 Å². The lowest BCUT2D eigenvalue weighted by atomic mass is 10.1. The Bertz CT molecular complexity index is 665. The average molecular weight is 318 g/mol. The topological polar surface area (TPSA) is 61.6 Å². The first-order valence-electron chi connectivity index (χ1n) is 6.63. The summed E-state index contributed by atoms with van der Waals surface area (Å²) in [6.07, 6.45) is 0. The van der Waals surface area contributed by atoms with Crippen LogP contribution < -0.4 is 5.32 Å². The van der Waals surface area contributed by atoms with Gasteiger partial charge >= 0.3 is 0 Å². The lowest BCUT2D eigenvalue weighted by Gasteiger charge is -2.20. The fraction of sp³-hybridized carbons (Fsp3) is 0.400. The quantitative estimate of drug-likeness (QED) is 0.930. The van der Waals surface area contributed by atoms with Gasteiger partial charge in [-0.05, 0) is 45.4 Å². The monoisotopic (exact) mass is 318 g/mol. The van der Waals surface area contributed by atoms with E-state index in [9.17, 15) is 5.26 Å². The third-order valence-corrected chi connectivity index (χ3v) is 4.66. The van der Waals surface area contributed by atoms with Crippen LogP contribution in [0.25, 0.3) is 0 Å². The van der Waals surface area contributed by atoms with E-state index in [1.165, 1.54) is 23.1 Å². The van der Waals surface area contributed by atoms with Gasteiger partial charge in [0.2, 0.25) is 0 Å². The molecule has 0 saturated carbocycles. The van der Waals surface area contributed by atoms with Crippen molar-refractivity contribution in [3.8, 4) is 6.07 Å². The Labute approximate surface area is 133 Å². The lowest BCUT2D eigenvalue weighted by molar-refractivity contribution is 0.424. The normalized spacial score (nSPS) is 11.4. The molecule has 0 saturated heterocycles. The zero-order valence-electron chi connectivity index (χ0n) is 12.6. The van der Waals surface area contributed by atoms with Crippen molar-refractivity contribution in [2.24, 2.45) is 0 Å². The summed E-state index contributed by atoms with van der Waals surface area (Å²) >= 11 is 3.03. The van der Waals surface area contributed by atoms with Gasteiger partial charge in [-0.25, -0.2) is 0 Å². The van der Waals surface area contributed by atoms with Gasteiger partial charge in [-0.2, -0.15) is 5.26 Å². The molecule has 0 fully saturated rings. The second-order valence-corrected chi connectivity index (χ2v) is 8.21. The molecule has 6 heteroatoms. The summed E-state index contributed by atoms with van der Waals surface area (Å²) in [7, 11) is 0. The first-order valence-corrected chi connectivity index (χ1v) is 8.27. The van der Waals surface area contributed by atoms with Crippen LogP contribution in [0, 0.1) is 18.3 Å². The molecule has 0 aliphatic carbocycles. The minimum absolute atomic E-state index is 0.0598. The number of benzene rings is 1. The van der Waals surface area contributed by atoms with Gasteiger partial charge in [-0.1, -0.05) is 29.2 Å². The highest BCUT2D eigenvalue weighted by Crippen LogP contribution is 2.32. The maximum absolute atomic E-state index is 9.34. The minimum atomic E-state index is 0.0598. The van der Waals surface area contributed by atoms with Gasteiger partial charge in [-0.15, -0.1) is 10.2 Å². The predicted octanol–water partition coefficient (Wildman–Crippen LogP) is 3.76. The van der Waals surface area contributed by atoms with E-state index in [1.54, 1.807) is 0 Å². The summed E-state index contributed by atoms with van der Waals surface area (Å²) in [5, 5.41) is 21.8. The fourth-order valence-corrected chi connectivity index (χ4v) is 3.48. The molecule has 0 atom stereocenters. The molecular formula is C15H18N4S2. The maximum Gasteiger partial charge on any atom is 0.179 e. The third-order valence-electron chi connectivity index (χ3n) is 2.69. The molecular weight excluding hydrogens is 300 g/mol. The zero-order chi connectivity index (χ0) is 15.5. The molecule has 2 aromatic rings. The molecule has 0 aliphatic heterocycles. The van der Waals surface area contributed by atoms with Gasteiger partial charge in [0.25, 0.3) is 0 Å². The summed E-state index contributed by atoms with van der Waals surface area (Å²) in [4.78, 5) is 0.924. The summed E-state index contributed by atoms with van der Waals surface area (Å²) in [6.45, 7) is 9.05. The van der Waals surface area contributed by atoms with Crippen molar-refractivity contribution in [3.63, 3.8) is 0 Å². The van der Waals surface area contributed by atoms with E-state index in [0.717, 1.165) is 26.4 Å². The Kier molecular flexibility index (Phi) is 4.99. The smallest absolute Gasteiger partial charge is 0.179 e. The largest absolute Gasteiger partial charge is 0.308 e. The van der Waals surface area contributed by atoms with E-state index in [1.807, 2.05) is 19.1 Å². The van der Waals surface area contributed by atoms with Gasteiger partial charge in [0, 0.05) is 17.0 Å². The van der Waals surface area contributed by atoms with Crippen LogP contribution in [-0.4, -0.2) is 15.7 Å². The lowest BCUT2D eigenvalue weighted by Crippen LogP contribution is -2.35. The molecule has 1 aromatic heterocycles. The maximum atomic E-state index is 9.34. The van der Waals surface area contributed by atoms with E-state index in [0.29, 0.717) is 5.56 Å². The first-order chi connectivity index (χ1) is 9.87. The SMILES string of the molecule is Cc1nnc(Sc2ccc(CNC(C)(C)C)cc2C#N)s1. The van der Waals surface area contributed by atoms with Crippen LogP contribution in [0.4, 0.5) is 0 Å². The number of rotatable bonds is 4. The van der Waals surface area contributed by atoms with Crippen LogP contribution in [0.1, 0.15) is 36.9 Å². The molecule has 0 bridgehead atoms. The van der Waals surface area contributed by atoms with Crippen molar-refractivity contribution < 1.29 is 0 Å². The number of aryl methyl sites for hydroxylation is 1. The van der Waals surface area contributed by atoms with Gasteiger partial charge in [0.15, 0.2) is 4.34 Å². The Morgan fingerprint density at radius 3 is 2.67 bits per heavy atom. The molecule has 1 aromatic carbocycles. The summed E-state index contributed by atoms with van der Waals surface area (Å²) in [6, 6.07) is 8.24. The number of hydrogen-bond donors (Lipinski definition) is 1. The Morgan fingerprint density at radius 1 is 1.33 bits per heavy atom. The molecule has 1 heterocycles. The van der Waals surface area contributed by atoms with Crippen molar-refractivity contribution in [1.29, 1.82) is 5.26 Å². The molecule has 0 radical (unpaired) electrons. The predicted molar refractivity (Wildman–Crippen MR) is 86.5 cm³/mol. The summed E-state index contributed by atoms with van der Waals surface area (Å²) in [5.41, 5.74) is 1.85. The molecule has 21 heavy (non-hydrogen) atoms. The van der Waals surface area contributed by atoms with Crippen LogP contribution in [0.2, 0.25) is 0 Å². The summed E-state index contributed by atoms with van der Waals surface area (Å²) < 4.78 is 0.865. The van der Waals surface area contributed by atoms with Crippen molar-refractivity contribution >= 4 is 23.1 Å². The van der Waals surface area contributed by atoms with Gasteiger partial charge in [0.1, 0.15) is 11.1 Å². The molecule has 4 nitrogen and oxygen atoms in total. The van der Waals surface area contributed by atoms with Crippen LogP contribution in [-0.2, 0) is 6.54 Å². The Morgan fingerprint density at radius 2 is 2.10 bits per heavy atom. The minimum Gasteiger partial charge on any atom is -0.308 e. The molecule has 2 rings (SSSR count). The molecule has 0 spiro atoms. The van der Waals surface area contributed by atoms with Crippen LogP contribution >= 0.6 is 23.1 Å². The van der Waals surface area contributed by atoms with Gasteiger partial charge in [-0.3, -0.25) is 0 Å². The first kappa shape index (κ1) is 16.0. The number of aromatic nitrogens is 2. The van der Waals surface area contributed by atoms with E-state index in [-0.39, 0.29) is 5.54 Å². The number of hydrogen-bond acceptors (Lipinski definition) is 6. The number of nitrogens with zero attached hydrogens (tertiary/aromatic N) is 3. The highest BCUT2D eigenvalue weighted by atomic mass is 32.2. The average Bonchev–Trinajstić information content (AvgIpc) is 2.82. The molecule has 0 amide bonds. The Hall–Kier alpha value is -1.42. The van der Waals surface area contributed by atoms with Gasteiger partial charge < -0.3 is 5.32 Å². The van der Waals surface area contributed by atoms with Gasteiger partial charge in [0.05, 0.1) is 5.56 Å². The molecule has 0 unspecified atom stereocenters. The number of nitriles is 1. The second-order valence-electron chi connectivity index (χ2n) is 5.73. The third kappa shape index (κ3) is 4.81. The van der Waals surface area contributed by atoms with Crippen LogP contribution in [0.3, 0.4) is 0 Å². The number of nitrogens with one attached hydrogen (secondary N) is 1.